The normalized spacial score (nSPS) is 11.2. The molecule has 0 aliphatic rings. The first kappa shape index (κ1) is 17.7. The second-order valence-corrected chi connectivity index (χ2v) is 5.49. The molecule has 7 heteroatoms. The minimum atomic E-state index is -4.46. The summed E-state index contributed by atoms with van der Waals surface area (Å²) in [5.74, 6) is 0.703. The fraction of sp³-hybridized carbons (Fsp3) is 0.158. The van der Waals surface area contributed by atoms with Gasteiger partial charge < -0.3 is 10.2 Å². The number of alkyl halides is 3. The Kier molecular flexibility index (Phi) is 5.06. The standard InChI is InChI=1S/C19H17F3N4/c1-2-26(14-8-4-3-5-9-14)17-12-13-23-18(25-17)24-16-11-7-6-10-15(16)19(20,21)22/h3-13H,2H2,1H3,(H,23,24,25). The van der Waals surface area contributed by atoms with Crippen LogP contribution in [0.3, 0.4) is 0 Å². The first-order chi connectivity index (χ1) is 12.5. The van der Waals surface area contributed by atoms with Gasteiger partial charge >= 0.3 is 6.18 Å². The molecule has 3 rings (SSSR count). The molecule has 0 unspecified atom stereocenters. The quantitative estimate of drug-likeness (QED) is 0.663. The van der Waals surface area contributed by atoms with Crippen LogP contribution in [0.4, 0.5) is 36.3 Å². The highest BCUT2D eigenvalue weighted by Crippen LogP contribution is 2.35. The number of halogens is 3. The first-order valence-electron chi connectivity index (χ1n) is 8.08. The lowest BCUT2D eigenvalue weighted by Crippen LogP contribution is -2.18. The van der Waals surface area contributed by atoms with Gasteiger partial charge in [0.05, 0.1) is 11.3 Å². The van der Waals surface area contributed by atoms with Crippen LogP contribution in [0.1, 0.15) is 12.5 Å². The molecule has 0 amide bonds. The lowest BCUT2D eigenvalue weighted by atomic mass is 10.1. The molecule has 26 heavy (non-hydrogen) atoms. The van der Waals surface area contributed by atoms with Gasteiger partial charge in [-0.2, -0.15) is 18.2 Å². The summed E-state index contributed by atoms with van der Waals surface area (Å²) in [7, 11) is 0. The summed E-state index contributed by atoms with van der Waals surface area (Å²) in [6.45, 7) is 2.63. The lowest BCUT2D eigenvalue weighted by molar-refractivity contribution is -0.136. The third-order valence-corrected chi connectivity index (χ3v) is 3.78. The number of hydrogen-bond donors (Lipinski definition) is 1. The zero-order valence-corrected chi connectivity index (χ0v) is 14.0. The summed E-state index contributed by atoms with van der Waals surface area (Å²) < 4.78 is 39.4. The third kappa shape index (κ3) is 3.93. The zero-order valence-electron chi connectivity index (χ0n) is 14.0. The van der Waals surface area contributed by atoms with Gasteiger partial charge in [0.2, 0.25) is 5.95 Å². The molecule has 1 N–H and O–H groups in total. The predicted molar refractivity (Wildman–Crippen MR) is 95.9 cm³/mol. The summed E-state index contributed by atoms with van der Waals surface area (Å²) in [6, 6.07) is 16.6. The van der Waals surface area contributed by atoms with Gasteiger partial charge in [-0.15, -0.1) is 0 Å². The predicted octanol–water partition coefficient (Wildman–Crippen LogP) is 5.40. The Hall–Kier alpha value is -3.09. The second kappa shape index (κ2) is 7.43. The van der Waals surface area contributed by atoms with Crippen LogP contribution in [-0.2, 0) is 6.18 Å². The molecule has 0 aliphatic heterocycles. The Morgan fingerprint density at radius 3 is 2.35 bits per heavy atom. The Balaban J connectivity index is 1.92. The van der Waals surface area contributed by atoms with E-state index in [0.717, 1.165) is 11.8 Å². The van der Waals surface area contributed by atoms with Crippen molar-refractivity contribution in [3.05, 3.63) is 72.4 Å². The number of anilines is 4. The van der Waals surface area contributed by atoms with Gasteiger partial charge in [-0.1, -0.05) is 30.3 Å². The number of nitrogens with zero attached hydrogens (tertiary/aromatic N) is 3. The van der Waals surface area contributed by atoms with Crippen molar-refractivity contribution in [2.45, 2.75) is 13.1 Å². The highest BCUT2D eigenvalue weighted by Gasteiger charge is 2.33. The van der Waals surface area contributed by atoms with E-state index >= 15 is 0 Å². The van der Waals surface area contributed by atoms with E-state index in [1.165, 1.54) is 24.4 Å². The van der Waals surface area contributed by atoms with Gasteiger partial charge in [0.15, 0.2) is 0 Å². The largest absolute Gasteiger partial charge is 0.418 e. The molecule has 134 valence electrons. The highest BCUT2D eigenvalue weighted by molar-refractivity contribution is 5.63. The van der Waals surface area contributed by atoms with Crippen LogP contribution in [0.2, 0.25) is 0 Å². The summed E-state index contributed by atoms with van der Waals surface area (Å²) in [4.78, 5) is 10.4. The molecule has 0 bridgehead atoms. The van der Waals surface area contributed by atoms with E-state index in [2.05, 4.69) is 15.3 Å². The van der Waals surface area contributed by atoms with Crippen molar-refractivity contribution in [1.29, 1.82) is 0 Å². The van der Waals surface area contributed by atoms with E-state index in [-0.39, 0.29) is 11.6 Å². The minimum Gasteiger partial charge on any atom is -0.327 e. The van der Waals surface area contributed by atoms with Crippen molar-refractivity contribution in [2.75, 3.05) is 16.8 Å². The Morgan fingerprint density at radius 1 is 0.962 bits per heavy atom. The summed E-state index contributed by atoms with van der Waals surface area (Å²) in [5.41, 5.74) is 0.0969. The van der Waals surface area contributed by atoms with Gasteiger partial charge in [0, 0.05) is 18.4 Å². The van der Waals surface area contributed by atoms with E-state index in [4.69, 9.17) is 0 Å². The van der Waals surface area contributed by atoms with Crippen LogP contribution in [0.25, 0.3) is 0 Å². The summed E-state index contributed by atoms with van der Waals surface area (Å²) in [5, 5.41) is 2.68. The number of nitrogens with one attached hydrogen (secondary N) is 1. The van der Waals surface area contributed by atoms with Gasteiger partial charge in [-0.3, -0.25) is 0 Å². The Bertz CT molecular complexity index is 866. The van der Waals surface area contributed by atoms with Crippen LogP contribution < -0.4 is 10.2 Å². The highest BCUT2D eigenvalue weighted by atomic mass is 19.4. The topological polar surface area (TPSA) is 41.1 Å². The molecule has 0 spiro atoms. The SMILES string of the molecule is CCN(c1ccccc1)c1ccnc(Nc2ccccc2C(F)(F)F)n1. The number of hydrogen-bond acceptors (Lipinski definition) is 4. The molecule has 3 aromatic rings. The summed E-state index contributed by atoms with van der Waals surface area (Å²) in [6.07, 6.45) is -2.94. The molecule has 2 aromatic carbocycles. The van der Waals surface area contributed by atoms with E-state index in [1.54, 1.807) is 6.07 Å². The van der Waals surface area contributed by atoms with Crippen molar-refractivity contribution >= 4 is 23.1 Å². The summed E-state index contributed by atoms with van der Waals surface area (Å²) >= 11 is 0. The van der Waals surface area contributed by atoms with Crippen molar-refractivity contribution in [3.63, 3.8) is 0 Å². The molecule has 0 radical (unpaired) electrons. The molecule has 0 aliphatic carbocycles. The molecule has 0 saturated heterocycles. The number of rotatable bonds is 5. The number of benzene rings is 2. The average Bonchev–Trinajstić information content (AvgIpc) is 2.63. The average molecular weight is 358 g/mol. The third-order valence-electron chi connectivity index (χ3n) is 3.78. The molecule has 4 nitrogen and oxygen atoms in total. The zero-order chi connectivity index (χ0) is 18.6. The monoisotopic (exact) mass is 358 g/mol. The van der Waals surface area contributed by atoms with Crippen LogP contribution in [0.5, 0.6) is 0 Å². The van der Waals surface area contributed by atoms with E-state index in [1.807, 2.05) is 42.2 Å². The molecule has 0 atom stereocenters. The van der Waals surface area contributed by atoms with Crippen LogP contribution in [-0.4, -0.2) is 16.5 Å². The van der Waals surface area contributed by atoms with Crippen LogP contribution in [0, 0.1) is 0 Å². The van der Waals surface area contributed by atoms with Gasteiger partial charge in [-0.05, 0) is 37.3 Å². The van der Waals surface area contributed by atoms with Gasteiger partial charge in [0.25, 0.3) is 0 Å². The second-order valence-electron chi connectivity index (χ2n) is 5.49. The molecular weight excluding hydrogens is 341 g/mol. The fourth-order valence-corrected chi connectivity index (χ4v) is 2.60. The minimum absolute atomic E-state index is 0.0834. The number of aromatic nitrogens is 2. The van der Waals surface area contributed by atoms with Crippen molar-refractivity contribution in [2.24, 2.45) is 0 Å². The Morgan fingerprint density at radius 2 is 1.65 bits per heavy atom. The maximum atomic E-state index is 13.1. The fourth-order valence-electron chi connectivity index (χ4n) is 2.60. The van der Waals surface area contributed by atoms with E-state index in [9.17, 15) is 13.2 Å². The van der Waals surface area contributed by atoms with E-state index in [0.29, 0.717) is 12.4 Å². The maximum Gasteiger partial charge on any atom is 0.418 e. The Labute approximate surface area is 149 Å². The van der Waals surface area contributed by atoms with Crippen molar-refractivity contribution in [3.8, 4) is 0 Å². The lowest BCUT2D eigenvalue weighted by Gasteiger charge is -2.22. The van der Waals surface area contributed by atoms with E-state index < -0.39 is 11.7 Å². The maximum absolute atomic E-state index is 13.1. The molecule has 1 aromatic heterocycles. The van der Waals surface area contributed by atoms with Crippen molar-refractivity contribution < 1.29 is 13.2 Å². The van der Waals surface area contributed by atoms with Gasteiger partial charge in [-0.25, -0.2) is 4.98 Å². The van der Waals surface area contributed by atoms with Crippen LogP contribution in [0.15, 0.2) is 66.9 Å². The number of para-hydroxylation sites is 2. The smallest absolute Gasteiger partial charge is 0.327 e. The molecule has 0 saturated carbocycles. The molecule has 0 fully saturated rings. The molecular formula is C19H17F3N4. The first-order valence-corrected chi connectivity index (χ1v) is 8.08. The van der Waals surface area contributed by atoms with Crippen LogP contribution >= 0.6 is 0 Å². The van der Waals surface area contributed by atoms with Crippen molar-refractivity contribution in [1.82, 2.24) is 9.97 Å². The van der Waals surface area contributed by atoms with Gasteiger partial charge in [0.1, 0.15) is 5.82 Å². The molecule has 1 heterocycles.